The molecule has 3 atom stereocenters. The van der Waals surface area contributed by atoms with Crippen LogP contribution in [0.3, 0.4) is 0 Å². The summed E-state index contributed by atoms with van der Waals surface area (Å²) in [5.41, 5.74) is 0. The fraction of sp³-hybridized carbons (Fsp3) is 0.727. The second kappa shape index (κ2) is 3.88. The largest absolute Gasteiger partial charge is 0.481 e. The van der Waals surface area contributed by atoms with Crippen molar-refractivity contribution in [3.63, 3.8) is 0 Å². The molecule has 2 aliphatic rings. The minimum absolute atomic E-state index is 0.0139. The van der Waals surface area contributed by atoms with Crippen LogP contribution in [-0.4, -0.2) is 34.3 Å². The van der Waals surface area contributed by atoms with Gasteiger partial charge in [-0.2, -0.15) is 0 Å². The van der Waals surface area contributed by atoms with Crippen molar-refractivity contribution in [3.8, 4) is 0 Å². The molecular weight excluding hydrogens is 210 g/mol. The topological polar surface area (TPSA) is 74.7 Å². The van der Waals surface area contributed by atoms with Gasteiger partial charge in [-0.3, -0.25) is 19.3 Å². The Balaban J connectivity index is 2.09. The minimum Gasteiger partial charge on any atom is -0.481 e. The third kappa shape index (κ3) is 1.60. The van der Waals surface area contributed by atoms with Crippen LogP contribution in [-0.2, 0) is 14.4 Å². The third-order valence-electron chi connectivity index (χ3n) is 3.56. The maximum Gasteiger partial charge on any atom is 0.308 e. The van der Waals surface area contributed by atoms with E-state index >= 15 is 0 Å². The van der Waals surface area contributed by atoms with Crippen LogP contribution in [0.2, 0.25) is 0 Å². The summed E-state index contributed by atoms with van der Waals surface area (Å²) in [7, 11) is 0. The first-order valence-corrected chi connectivity index (χ1v) is 5.60. The Morgan fingerprint density at radius 1 is 1.38 bits per heavy atom. The molecule has 1 heterocycles. The molecule has 0 aromatic heterocycles. The second-order valence-corrected chi connectivity index (χ2v) is 4.67. The van der Waals surface area contributed by atoms with Crippen molar-refractivity contribution < 1.29 is 19.5 Å². The summed E-state index contributed by atoms with van der Waals surface area (Å²) in [6.07, 6.45) is 2.47. The van der Waals surface area contributed by atoms with E-state index in [1.165, 1.54) is 6.92 Å². The molecule has 2 fully saturated rings. The Labute approximate surface area is 93.4 Å². The van der Waals surface area contributed by atoms with Crippen LogP contribution in [0.25, 0.3) is 0 Å². The van der Waals surface area contributed by atoms with Gasteiger partial charge < -0.3 is 5.11 Å². The highest BCUT2D eigenvalue weighted by atomic mass is 16.4. The Morgan fingerprint density at radius 3 is 2.31 bits per heavy atom. The molecule has 2 amide bonds. The van der Waals surface area contributed by atoms with Gasteiger partial charge in [-0.25, -0.2) is 0 Å². The Morgan fingerprint density at radius 2 is 1.88 bits per heavy atom. The number of carboxylic acid groups (broad SMARTS) is 1. The first-order valence-electron chi connectivity index (χ1n) is 5.60. The van der Waals surface area contributed by atoms with Crippen molar-refractivity contribution in [1.29, 1.82) is 0 Å². The Kier molecular flexibility index (Phi) is 2.69. The number of carbonyl (C=O) groups excluding carboxylic acids is 2. The summed E-state index contributed by atoms with van der Waals surface area (Å²) in [5, 5.41) is 8.77. The molecule has 1 aliphatic carbocycles. The normalized spacial score (nSPS) is 30.7. The lowest BCUT2D eigenvalue weighted by Gasteiger charge is -2.17. The van der Waals surface area contributed by atoms with Gasteiger partial charge in [-0.05, 0) is 12.8 Å². The van der Waals surface area contributed by atoms with Gasteiger partial charge >= 0.3 is 5.97 Å². The Hall–Kier alpha value is -1.39. The van der Waals surface area contributed by atoms with Gasteiger partial charge in [0.2, 0.25) is 11.8 Å². The number of carboxylic acids is 1. The van der Waals surface area contributed by atoms with E-state index in [2.05, 4.69) is 0 Å². The molecule has 16 heavy (non-hydrogen) atoms. The zero-order valence-corrected chi connectivity index (χ0v) is 9.18. The monoisotopic (exact) mass is 225 g/mol. The molecule has 0 spiro atoms. The van der Waals surface area contributed by atoms with Crippen LogP contribution < -0.4 is 0 Å². The van der Waals surface area contributed by atoms with Gasteiger partial charge in [0.25, 0.3) is 0 Å². The van der Waals surface area contributed by atoms with E-state index in [0.717, 1.165) is 24.2 Å². The van der Waals surface area contributed by atoms with Crippen LogP contribution in [0.4, 0.5) is 0 Å². The van der Waals surface area contributed by atoms with Crippen molar-refractivity contribution in [3.05, 3.63) is 0 Å². The molecule has 2 rings (SSSR count). The van der Waals surface area contributed by atoms with Crippen molar-refractivity contribution in [2.45, 2.75) is 26.2 Å². The average molecular weight is 225 g/mol. The van der Waals surface area contributed by atoms with Crippen LogP contribution >= 0.6 is 0 Å². The van der Waals surface area contributed by atoms with Gasteiger partial charge in [0.05, 0.1) is 17.8 Å². The molecule has 5 nitrogen and oxygen atoms in total. The smallest absolute Gasteiger partial charge is 0.308 e. The molecule has 1 saturated heterocycles. The second-order valence-electron chi connectivity index (χ2n) is 4.67. The predicted octanol–water partition coefficient (Wildman–Crippen LogP) is 0.492. The molecular formula is C11H15NO4. The summed E-state index contributed by atoms with van der Waals surface area (Å²) >= 11 is 0. The third-order valence-corrected chi connectivity index (χ3v) is 3.56. The molecule has 0 aromatic rings. The lowest BCUT2D eigenvalue weighted by molar-refractivity contribution is -0.145. The van der Waals surface area contributed by atoms with Crippen molar-refractivity contribution >= 4 is 17.8 Å². The van der Waals surface area contributed by atoms with Gasteiger partial charge in [-0.15, -0.1) is 0 Å². The maximum atomic E-state index is 11.9. The lowest BCUT2D eigenvalue weighted by Crippen LogP contribution is -2.37. The Bertz CT molecular complexity index is 330. The summed E-state index contributed by atoms with van der Waals surface area (Å²) in [4.78, 5) is 35.6. The van der Waals surface area contributed by atoms with Gasteiger partial charge in [0.15, 0.2) is 0 Å². The van der Waals surface area contributed by atoms with Crippen LogP contribution in [0.1, 0.15) is 26.2 Å². The molecule has 1 aliphatic heterocycles. The molecule has 1 N–H and O–H groups in total. The lowest BCUT2D eigenvalue weighted by atomic mass is 10.00. The van der Waals surface area contributed by atoms with E-state index in [9.17, 15) is 14.4 Å². The fourth-order valence-corrected chi connectivity index (χ4v) is 2.59. The van der Waals surface area contributed by atoms with Gasteiger partial charge in [-0.1, -0.05) is 13.3 Å². The zero-order valence-electron chi connectivity index (χ0n) is 9.18. The number of aliphatic carboxylic acids is 1. The molecule has 0 bridgehead atoms. The zero-order chi connectivity index (χ0) is 11.9. The van der Waals surface area contributed by atoms with E-state index < -0.39 is 11.9 Å². The van der Waals surface area contributed by atoms with Crippen molar-refractivity contribution in [2.24, 2.45) is 17.8 Å². The number of imide groups is 1. The standard InChI is InChI=1S/C11H15NO4/c1-6(11(15)16)5-12-9(13)7-3-2-4-8(7)10(12)14/h6-8H,2-5H2,1H3,(H,15,16). The van der Waals surface area contributed by atoms with Crippen LogP contribution in [0.5, 0.6) is 0 Å². The maximum absolute atomic E-state index is 11.9. The minimum atomic E-state index is -0.974. The van der Waals surface area contributed by atoms with Gasteiger partial charge in [0.1, 0.15) is 0 Å². The molecule has 0 aromatic carbocycles. The number of fused-ring (bicyclic) bond motifs is 1. The van der Waals surface area contributed by atoms with E-state index in [4.69, 9.17) is 5.11 Å². The number of likely N-dealkylation sites (tertiary alicyclic amines) is 1. The predicted molar refractivity (Wildman–Crippen MR) is 54.4 cm³/mol. The van der Waals surface area contributed by atoms with Crippen LogP contribution in [0.15, 0.2) is 0 Å². The molecule has 88 valence electrons. The molecule has 3 unspecified atom stereocenters. The summed E-state index contributed by atoms with van der Waals surface area (Å²) in [6, 6.07) is 0. The summed E-state index contributed by atoms with van der Waals surface area (Å²) in [6.45, 7) is 1.52. The molecule has 1 saturated carbocycles. The quantitative estimate of drug-likeness (QED) is 0.709. The number of rotatable bonds is 3. The molecule has 0 radical (unpaired) electrons. The highest BCUT2D eigenvalue weighted by Gasteiger charge is 2.49. The van der Waals surface area contributed by atoms with Crippen molar-refractivity contribution in [1.82, 2.24) is 4.90 Å². The highest BCUT2D eigenvalue weighted by molar-refractivity contribution is 6.05. The SMILES string of the molecule is CC(CN1C(=O)C2CCCC2C1=O)C(=O)O. The number of carbonyl (C=O) groups is 3. The number of amides is 2. The highest BCUT2D eigenvalue weighted by Crippen LogP contribution is 2.39. The molecule has 5 heteroatoms. The average Bonchev–Trinajstić information content (AvgIpc) is 2.78. The first-order chi connectivity index (χ1) is 7.52. The van der Waals surface area contributed by atoms with E-state index in [1.54, 1.807) is 0 Å². The van der Waals surface area contributed by atoms with E-state index in [-0.39, 0.29) is 30.2 Å². The number of hydrogen-bond donors (Lipinski definition) is 1. The van der Waals surface area contributed by atoms with Gasteiger partial charge in [0, 0.05) is 6.54 Å². The van der Waals surface area contributed by atoms with E-state index in [0.29, 0.717) is 0 Å². The number of hydrogen-bond acceptors (Lipinski definition) is 3. The van der Waals surface area contributed by atoms with E-state index in [1.807, 2.05) is 0 Å². The summed E-state index contributed by atoms with van der Waals surface area (Å²) < 4.78 is 0. The number of nitrogens with zero attached hydrogens (tertiary/aromatic N) is 1. The summed E-state index contributed by atoms with van der Waals surface area (Å²) in [5.74, 6) is -2.34. The van der Waals surface area contributed by atoms with Crippen LogP contribution in [0, 0.1) is 17.8 Å². The first kappa shape index (κ1) is 11.1. The van der Waals surface area contributed by atoms with Crippen molar-refractivity contribution in [2.75, 3.05) is 6.54 Å². The fourth-order valence-electron chi connectivity index (χ4n) is 2.59.